The highest BCUT2D eigenvalue weighted by molar-refractivity contribution is 6.30. The first-order chi connectivity index (χ1) is 10.1. The number of carbonyl (C=O) groups excluding carboxylic acids is 1. The third kappa shape index (κ3) is 4.23. The Kier molecular flexibility index (Phi) is 4.80. The Morgan fingerprint density at radius 1 is 1.10 bits per heavy atom. The van der Waals surface area contributed by atoms with Gasteiger partial charge in [0, 0.05) is 11.1 Å². The standard InChI is InChI=1S/C17H13ClO3/c18-13-7-9-16(20)15(10-13)17(21)11-14(19)8-6-12-4-2-1-3-5-12/h1-11,20-21H/b8-6+,17-11?. The minimum Gasteiger partial charge on any atom is -0.507 e. The molecular formula is C17H13ClO3. The van der Waals surface area contributed by atoms with E-state index >= 15 is 0 Å². The predicted octanol–water partition coefficient (Wildman–Crippen LogP) is 4.23. The van der Waals surface area contributed by atoms with Gasteiger partial charge in [-0.1, -0.05) is 48.0 Å². The van der Waals surface area contributed by atoms with Gasteiger partial charge in [-0.15, -0.1) is 0 Å². The molecule has 2 aromatic rings. The summed E-state index contributed by atoms with van der Waals surface area (Å²) in [5.41, 5.74) is 0.994. The van der Waals surface area contributed by atoms with Crippen LogP contribution in [0.1, 0.15) is 11.1 Å². The Bertz CT molecular complexity index is 703. The molecule has 0 saturated heterocycles. The van der Waals surface area contributed by atoms with Gasteiger partial charge in [-0.25, -0.2) is 0 Å². The van der Waals surface area contributed by atoms with Crippen molar-refractivity contribution < 1.29 is 15.0 Å². The third-order valence-electron chi connectivity index (χ3n) is 2.75. The summed E-state index contributed by atoms with van der Waals surface area (Å²) >= 11 is 5.79. The summed E-state index contributed by atoms with van der Waals surface area (Å²) < 4.78 is 0. The number of rotatable bonds is 4. The van der Waals surface area contributed by atoms with E-state index in [9.17, 15) is 15.0 Å². The molecule has 0 amide bonds. The highest BCUT2D eigenvalue weighted by Crippen LogP contribution is 2.26. The first-order valence-corrected chi connectivity index (χ1v) is 6.61. The molecule has 106 valence electrons. The number of hydrogen-bond acceptors (Lipinski definition) is 3. The number of halogens is 1. The highest BCUT2D eigenvalue weighted by atomic mass is 35.5. The number of ketones is 1. The molecule has 0 aliphatic rings. The van der Waals surface area contributed by atoms with E-state index in [0.717, 1.165) is 11.6 Å². The van der Waals surface area contributed by atoms with E-state index < -0.39 is 5.78 Å². The van der Waals surface area contributed by atoms with Gasteiger partial charge in [0.2, 0.25) is 0 Å². The first kappa shape index (κ1) is 14.9. The van der Waals surface area contributed by atoms with Crippen LogP contribution in [0, 0.1) is 0 Å². The summed E-state index contributed by atoms with van der Waals surface area (Å²) in [6, 6.07) is 13.6. The average molecular weight is 301 g/mol. The molecule has 0 saturated carbocycles. The number of phenols is 1. The predicted molar refractivity (Wildman–Crippen MR) is 84.2 cm³/mol. The lowest BCUT2D eigenvalue weighted by Crippen LogP contribution is -1.91. The second kappa shape index (κ2) is 6.77. The summed E-state index contributed by atoms with van der Waals surface area (Å²) in [7, 11) is 0. The monoisotopic (exact) mass is 300 g/mol. The quantitative estimate of drug-likeness (QED) is 0.656. The molecule has 0 unspecified atom stereocenters. The van der Waals surface area contributed by atoms with Crippen LogP contribution in [-0.4, -0.2) is 16.0 Å². The van der Waals surface area contributed by atoms with Gasteiger partial charge in [-0.3, -0.25) is 4.79 Å². The Labute approximate surface area is 127 Å². The van der Waals surface area contributed by atoms with Gasteiger partial charge < -0.3 is 10.2 Å². The molecule has 2 N–H and O–H groups in total. The number of carbonyl (C=O) groups is 1. The SMILES string of the molecule is O=C(C=C(O)c1cc(Cl)ccc1O)/C=C/c1ccccc1. The van der Waals surface area contributed by atoms with Gasteiger partial charge in [-0.2, -0.15) is 0 Å². The molecular weight excluding hydrogens is 288 g/mol. The lowest BCUT2D eigenvalue weighted by molar-refractivity contribution is -0.110. The molecule has 4 heteroatoms. The Morgan fingerprint density at radius 2 is 1.81 bits per heavy atom. The van der Waals surface area contributed by atoms with Crippen molar-refractivity contribution in [3.63, 3.8) is 0 Å². The number of aromatic hydroxyl groups is 1. The van der Waals surface area contributed by atoms with Crippen LogP contribution < -0.4 is 0 Å². The fraction of sp³-hybridized carbons (Fsp3) is 0. The summed E-state index contributed by atoms with van der Waals surface area (Å²) in [4.78, 5) is 11.8. The van der Waals surface area contributed by atoms with Crippen LogP contribution in [0.2, 0.25) is 5.02 Å². The summed E-state index contributed by atoms with van der Waals surface area (Å²) in [6.45, 7) is 0. The topological polar surface area (TPSA) is 57.5 Å². The number of phenolic OH excluding ortho intramolecular Hbond substituents is 1. The molecule has 21 heavy (non-hydrogen) atoms. The molecule has 2 aromatic carbocycles. The smallest absolute Gasteiger partial charge is 0.182 e. The number of aliphatic hydroxyl groups excluding tert-OH is 1. The minimum atomic E-state index is -0.393. The van der Waals surface area contributed by atoms with Crippen molar-refractivity contribution in [1.29, 1.82) is 0 Å². The van der Waals surface area contributed by atoms with Gasteiger partial charge in [-0.05, 0) is 29.8 Å². The van der Waals surface area contributed by atoms with E-state index in [-0.39, 0.29) is 17.1 Å². The van der Waals surface area contributed by atoms with Crippen LogP contribution in [0.25, 0.3) is 11.8 Å². The molecule has 0 atom stereocenters. The average Bonchev–Trinajstić information content (AvgIpc) is 2.48. The van der Waals surface area contributed by atoms with Crippen LogP contribution in [0.4, 0.5) is 0 Å². The summed E-state index contributed by atoms with van der Waals surface area (Å²) in [5.74, 6) is -0.874. The van der Waals surface area contributed by atoms with Crippen molar-refractivity contribution in [2.45, 2.75) is 0 Å². The fourth-order valence-electron chi connectivity index (χ4n) is 1.72. The van der Waals surface area contributed by atoms with E-state index in [0.29, 0.717) is 5.02 Å². The molecule has 0 fully saturated rings. The van der Waals surface area contributed by atoms with Crippen LogP contribution in [0.3, 0.4) is 0 Å². The molecule has 3 nitrogen and oxygen atoms in total. The van der Waals surface area contributed by atoms with Gasteiger partial charge in [0.25, 0.3) is 0 Å². The zero-order chi connectivity index (χ0) is 15.2. The van der Waals surface area contributed by atoms with Crippen molar-refractivity contribution in [3.05, 3.63) is 76.8 Å². The number of hydrogen-bond donors (Lipinski definition) is 2. The fourth-order valence-corrected chi connectivity index (χ4v) is 1.89. The summed E-state index contributed by atoms with van der Waals surface area (Å²) in [6.07, 6.45) is 4.02. The van der Waals surface area contributed by atoms with Crippen LogP contribution in [-0.2, 0) is 4.79 Å². The Hall–Kier alpha value is -2.52. The normalized spacial score (nSPS) is 11.8. The zero-order valence-corrected chi connectivity index (χ0v) is 11.8. The van der Waals surface area contributed by atoms with E-state index in [1.165, 1.54) is 24.3 Å². The van der Waals surface area contributed by atoms with E-state index in [1.807, 2.05) is 30.3 Å². The summed E-state index contributed by atoms with van der Waals surface area (Å²) in [5, 5.41) is 19.9. The first-order valence-electron chi connectivity index (χ1n) is 6.23. The van der Waals surface area contributed by atoms with Crippen molar-refractivity contribution in [3.8, 4) is 5.75 Å². The number of allylic oxidation sites excluding steroid dienone is 2. The van der Waals surface area contributed by atoms with Crippen LogP contribution in [0.5, 0.6) is 5.75 Å². The van der Waals surface area contributed by atoms with Crippen molar-refractivity contribution in [2.75, 3.05) is 0 Å². The van der Waals surface area contributed by atoms with Crippen LogP contribution >= 0.6 is 11.6 Å². The Balaban J connectivity index is 2.17. The molecule has 0 radical (unpaired) electrons. The van der Waals surface area contributed by atoms with Gasteiger partial charge >= 0.3 is 0 Å². The molecule has 0 heterocycles. The van der Waals surface area contributed by atoms with E-state index in [2.05, 4.69) is 0 Å². The maximum atomic E-state index is 11.8. The van der Waals surface area contributed by atoms with Gasteiger partial charge in [0.05, 0.1) is 5.56 Å². The lowest BCUT2D eigenvalue weighted by atomic mass is 10.1. The zero-order valence-electron chi connectivity index (χ0n) is 11.0. The highest BCUT2D eigenvalue weighted by Gasteiger charge is 2.08. The molecule has 2 rings (SSSR count). The molecule has 0 aromatic heterocycles. The number of benzene rings is 2. The van der Waals surface area contributed by atoms with E-state index in [1.54, 1.807) is 6.08 Å². The second-order valence-corrected chi connectivity index (χ2v) is 4.77. The largest absolute Gasteiger partial charge is 0.507 e. The van der Waals surface area contributed by atoms with Crippen molar-refractivity contribution in [2.24, 2.45) is 0 Å². The number of aliphatic hydroxyl groups is 1. The van der Waals surface area contributed by atoms with Gasteiger partial charge in [0.15, 0.2) is 5.78 Å². The third-order valence-corrected chi connectivity index (χ3v) is 2.99. The van der Waals surface area contributed by atoms with Crippen LogP contribution in [0.15, 0.2) is 60.7 Å². The molecule has 0 bridgehead atoms. The molecule has 0 aliphatic heterocycles. The minimum absolute atomic E-state index is 0.115. The maximum absolute atomic E-state index is 11.8. The van der Waals surface area contributed by atoms with Crippen molar-refractivity contribution >= 4 is 29.2 Å². The molecule has 0 spiro atoms. The second-order valence-electron chi connectivity index (χ2n) is 4.34. The Morgan fingerprint density at radius 3 is 2.52 bits per heavy atom. The van der Waals surface area contributed by atoms with Crippen molar-refractivity contribution in [1.82, 2.24) is 0 Å². The van der Waals surface area contributed by atoms with Gasteiger partial charge in [0.1, 0.15) is 11.5 Å². The van der Waals surface area contributed by atoms with E-state index in [4.69, 9.17) is 11.6 Å². The maximum Gasteiger partial charge on any atom is 0.182 e. The lowest BCUT2D eigenvalue weighted by Gasteiger charge is -2.03. The molecule has 0 aliphatic carbocycles.